The molecule has 2 amide bonds. The first-order chi connectivity index (χ1) is 19.4. The van der Waals surface area contributed by atoms with E-state index in [1.165, 1.54) is 16.3 Å². The van der Waals surface area contributed by atoms with Gasteiger partial charge in [-0.1, -0.05) is 54.6 Å². The molecular formula is C33H34N2O5. The first kappa shape index (κ1) is 28.4. The summed E-state index contributed by atoms with van der Waals surface area (Å²) in [6.45, 7) is 4.24. The predicted octanol–water partition coefficient (Wildman–Crippen LogP) is 5.13. The average molecular weight is 539 g/mol. The van der Waals surface area contributed by atoms with E-state index in [2.05, 4.69) is 41.0 Å². The first-order valence-corrected chi connectivity index (χ1v) is 13.3. The van der Waals surface area contributed by atoms with Crippen LogP contribution in [0.3, 0.4) is 0 Å². The van der Waals surface area contributed by atoms with Crippen LogP contribution in [0, 0.1) is 0 Å². The minimum absolute atomic E-state index is 0.0434. The van der Waals surface area contributed by atoms with Crippen molar-refractivity contribution in [3.05, 3.63) is 113 Å². The number of hydrogen-bond acceptors (Lipinski definition) is 5. The highest BCUT2D eigenvalue weighted by molar-refractivity contribution is 6.05. The molecule has 0 saturated carbocycles. The van der Waals surface area contributed by atoms with Crippen LogP contribution in [0.2, 0.25) is 0 Å². The van der Waals surface area contributed by atoms with E-state index in [1.807, 2.05) is 26.0 Å². The molecule has 4 aromatic carbocycles. The normalized spacial score (nSPS) is 11.3. The smallest absolute Gasteiger partial charge is 0.267 e. The number of rotatable bonds is 12. The Hall–Kier alpha value is -4.62. The second-order valence-electron chi connectivity index (χ2n) is 9.53. The molecule has 0 aromatic heterocycles. The molecule has 0 radical (unpaired) electrons. The van der Waals surface area contributed by atoms with E-state index < -0.39 is 11.8 Å². The highest BCUT2D eigenvalue weighted by Gasteiger charge is 2.15. The average Bonchev–Trinajstić information content (AvgIpc) is 2.96. The van der Waals surface area contributed by atoms with Crippen LogP contribution < -0.4 is 20.1 Å². The van der Waals surface area contributed by atoms with Gasteiger partial charge >= 0.3 is 0 Å². The monoisotopic (exact) mass is 538 g/mol. The van der Waals surface area contributed by atoms with Gasteiger partial charge in [0.1, 0.15) is 17.2 Å². The Morgan fingerprint density at radius 2 is 1.57 bits per heavy atom. The van der Waals surface area contributed by atoms with Crippen molar-refractivity contribution in [1.82, 2.24) is 10.6 Å². The molecule has 0 aliphatic heterocycles. The molecule has 40 heavy (non-hydrogen) atoms. The number of carbonyl (C=O) groups excluding carboxylic acids is 2. The zero-order valence-corrected chi connectivity index (χ0v) is 22.7. The van der Waals surface area contributed by atoms with Gasteiger partial charge in [0.2, 0.25) is 0 Å². The maximum Gasteiger partial charge on any atom is 0.267 e. The molecule has 4 aromatic rings. The van der Waals surface area contributed by atoms with Gasteiger partial charge < -0.3 is 25.2 Å². The molecule has 206 valence electrons. The van der Waals surface area contributed by atoms with Crippen LogP contribution in [0.1, 0.15) is 35.3 Å². The second-order valence-corrected chi connectivity index (χ2v) is 9.53. The van der Waals surface area contributed by atoms with Gasteiger partial charge in [-0.3, -0.25) is 9.59 Å². The van der Waals surface area contributed by atoms with E-state index in [4.69, 9.17) is 14.6 Å². The molecule has 4 rings (SSSR count). The van der Waals surface area contributed by atoms with Crippen LogP contribution in [0.25, 0.3) is 16.8 Å². The minimum atomic E-state index is -0.501. The van der Waals surface area contributed by atoms with E-state index in [-0.39, 0.29) is 25.0 Å². The molecule has 7 nitrogen and oxygen atoms in total. The lowest BCUT2D eigenvalue weighted by Crippen LogP contribution is -2.36. The molecule has 0 saturated heterocycles. The van der Waals surface area contributed by atoms with Gasteiger partial charge in [0.25, 0.3) is 11.8 Å². The van der Waals surface area contributed by atoms with Gasteiger partial charge in [-0.2, -0.15) is 0 Å². The van der Waals surface area contributed by atoms with Gasteiger partial charge in [-0.15, -0.1) is 0 Å². The number of aliphatic hydroxyl groups excluding tert-OH is 1. The van der Waals surface area contributed by atoms with Crippen molar-refractivity contribution < 1.29 is 24.2 Å². The van der Waals surface area contributed by atoms with Crippen molar-refractivity contribution in [2.45, 2.75) is 26.4 Å². The Kier molecular flexibility index (Phi) is 9.91. The van der Waals surface area contributed by atoms with Gasteiger partial charge in [0.05, 0.1) is 19.3 Å². The van der Waals surface area contributed by atoms with Crippen LogP contribution in [0.4, 0.5) is 0 Å². The summed E-state index contributed by atoms with van der Waals surface area (Å²) in [5.74, 6) is 0.422. The summed E-state index contributed by atoms with van der Waals surface area (Å²) in [7, 11) is 0. The third kappa shape index (κ3) is 8.19. The van der Waals surface area contributed by atoms with E-state index in [0.717, 1.165) is 6.42 Å². The number of amides is 2. The lowest BCUT2D eigenvalue weighted by atomic mass is 10.1. The number of nitrogens with one attached hydrogen (secondary N) is 2. The molecular weight excluding hydrogens is 504 g/mol. The lowest BCUT2D eigenvalue weighted by Gasteiger charge is -2.12. The molecule has 0 aliphatic rings. The Balaban J connectivity index is 1.37. The van der Waals surface area contributed by atoms with Crippen molar-refractivity contribution in [2.75, 3.05) is 19.8 Å². The SMILES string of the molecule is CC(C)Oc1ccc(/C=C(\NC(=O)c2ccc(OCCc3ccc4ccccc4c3)cc2)C(=O)NCCO)cc1. The van der Waals surface area contributed by atoms with Gasteiger partial charge in [-0.25, -0.2) is 0 Å². The van der Waals surface area contributed by atoms with Crippen molar-refractivity contribution in [3.63, 3.8) is 0 Å². The van der Waals surface area contributed by atoms with Crippen LogP contribution in [0.15, 0.2) is 96.7 Å². The standard InChI is InChI=1S/C33H34N2O5/c1-23(2)40-30-13-8-24(9-14-30)22-31(33(38)34-18-19-36)35-32(37)27-11-15-29(16-12-27)39-20-17-25-7-10-26-5-3-4-6-28(26)21-25/h3-16,21-23,36H,17-20H2,1-2H3,(H,34,38)(H,35,37)/b31-22-. The number of fused-ring (bicyclic) bond motifs is 1. The van der Waals surface area contributed by atoms with Crippen molar-refractivity contribution >= 4 is 28.7 Å². The maximum atomic E-state index is 13.0. The second kappa shape index (κ2) is 14.0. The number of hydrogen-bond donors (Lipinski definition) is 3. The van der Waals surface area contributed by atoms with E-state index in [1.54, 1.807) is 54.6 Å². The molecule has 0 unspecified atom stereocenters. The Labute approximate surface area is 234 Å². The van der Waals surface area contributed by atoms with Crippen molar-refractivity contribution in [1.29, 1.82) is 0 Å². The van der Waals surface area contributed by atoms with Crippen LogP contribution in [-0.4, -0.2) is 42.8 Å². The largest absolute Gasteiger partial charge is 0.493 e. The Morgan fingerprint density at radius 1 is 0.875 bits per heavy atom. The van der Waals surface area contributed by atoms with Gasteiger partial charge in [0, 0.05) is 18.5 Å². The van der Waals surface area contributed by atoms with Gasteiger partial charge in [0.15, 0.2) is 0 Å². The van der Waals surface area contributed by atoms with Crippen LogP contribution in [0.5, 0.6) is 11.5 Å². The highest BCUT2D eigenvalue weighted by Crippen LogP contribution is 2.18. The number of ether oxygens (including phenoxy) is 2. The summed E-state index contributed by atoms with van der Waals surface area (Å²) in [5.41, 5.74) is 2.34. The summed E-state index contributed by atoms with van der Waals surface area (Å²) < 4.78 is 11.6. The molecule has 0 heterocycles. The molecule has 0 bridgehead atoms. The molecule has 0 atom stereocenters. The zero-order chi connectivity index (χ0) is 28.3. The topological polar surface area (TPSA) is 96.9 Å². The summed E-state index contributed by atoms with van der Waals surface area (Å²) in [6, 6.07) is 28.6. The summed E-state index contributed by atoms with van der Waals surface area (Å²) >= 11 is 0. The summed E-state index contributed by atoms with van der Waals surface area (Å²) in [5, 5.41) is 16.8. The van der Waals surface area contributed by atoms with Crippen molar-refractivity contribution in [3.8, 4) is 11.5 Å². The molecule has 0 fully saturated rings. The van der Waals surface area contributed by atoms with Gasteiger partial charge in [-0.05, 0) is 78.2 Å². The van der Waals surface area contributed by atoms with E-state index >= 15 is 0 Å². The Bertz CT molecular complexity index is 1460. The fraction of sp³-hybridized carbons (Fsp3) is 0.212. The van der Waals surface area contributed by atoms with E-state index in [9.17, 15) is 9.59 Å². The van der Waals surface area contributed by atoms with Crippen molar-refractivity contribution in [2.24, 2.45) is 0 Å². The molecule has 0 aliphatic carbocycles. The highest BCUT2D eigenvalue weighted by atomic mass is 16.5. The van der Waals surface area contributed by atoms with E-state index in [0.29, 0.717) is 29.2 Å². The lowest BCUT2D eigenvalue weighted by molar-refractivity contribution is -0.117. The van der Waals surface area contributed by atoms with Crippen LogP contribution in [-0.2, 0) is 11.2 Å². The molecule has 0 spiro atoms. The quantitative estimate of drug-likeness (QED) is 0.217. The fourth-order valence-electron chi connectivity index (χ4n) is 4.08. The number of aliphatic hydroxyl groups is 1. The van der Waals surface area contributed by atoms with Crippen LogP contribution >= 0.6 is 0 Å². The Morgan fingerprint density at radius 3 is 2.27 bits per heavy atom. The molecule has 3 N–H and O–H groups in total. The number of carbonyl (C=O) groups is 2. The minimum Gasteiger partial charge on any atom is -0.493 e. The predicted molar refractivity (Wildman–Crippen MR) is 157 cm³/mol. The zero-order valence-electron chi connectivity index (χ0n) is 22.7. The summed E-state index contributed by atoms with van der Waals surface area (Å²) in [4.78, 5) is 25.7. The number of benzene rings is 4. The fourth-order valence-corrected chi connectivity index (χ4v) is 4.08. The first-order valence-electron chi connectivity index (χ1n) is 13.3. The maximum absolute atomic E-state index is 13.0. The third-order valence-electron chi connectivity index (χ3n) is 6.04. The third-order valence-corrected chi connectivity index (χ3v) is 6.04. The molecule has 7 heteroatoms. The summed E-state index contributed by atoms with van der Waals surface area (Å²) in [6.07, 6.45) is 2.38.